The Morgan fingerprint density at radius 2 is 2.38 bits per heavy atom. The van der Waals surface area contributed by atoms with E-state index in [1.807, 2.05) is 6.92 Å². The van der Waals surface area contributed by atoms with E-state index in [1.54, 1.807) is 10.9 Å². The normalized spacial score (nSPS) is 16.5. The van der Waals surface area contributed by atoms with Gasteiger partial charge in [0.1, 0.15) is 9.76 Å². The third kappa shape index (κ3) is 3.25. The largest absolute Gasteiger partial charge is 0.381 e. The van der Waals surface area contributed by atoms with Gasteiger partial charge in [-0.25, -0.2) is 4.68 Å². The minimum absolute atomic E-state index is 0.177. The van der Waals surface area contributed by atoms with Crippen LogP contribution in [0.5, 0.6) is 0 Å². The molecule has 1 N–H and O–H groups in total. The molecule has 8 nitrogen and oxygen atoms in total. The van der Waals surface area contributed by atoms with Crippen molar-refractivity contribution in [3.63, 3.8) is 0 Å². The van der Waals surface area contributed by atoms with E-state index >= 15 is 0 Å². The zero-order chi connectivity index (χ0) is 14.8. The second kappa shape index (κ2) is 6.13. The van der Waals surface area contributed by atoms with E-state index in [0.717, 1.165) is 23.0 Å². The highest BCUT2D eigenvalue weighted by molar-refractivity contribution is 7.42. The molecule has 2 aromatic rings. The van der Waals surface area contributed by atoms with Gasteiger partial charge in [-0.3, -0.25) is 4.79 Å². The lowest BCUT2D eigenvalue weighted by Crippen LogP contribution is -2.34. The number of hydrogen-bond acceptors (Lipinski definition) is 7. The molecular formula is C11H15N6O2PS. The van der Waals surface area contributed by atoms with Crippen molar-refractivity contribution in [1.29, 1.82) is 0 Å². The number of hydrogen-bond donors (Lipinski definition) is 1. The summed E-state index contributed by atoms with van der Waals surface area (Å²) >= 11 is 1.42. The SMILES string of the molecule is C[C@@H](C1COC1)n1cc(C(=O)NCc2nnc(P)s2)nn1. The van der Waals surface area contributed by atoms with Crippen LogP contribution in [0.2, 0.25) is 0 Å². The fourth-order valence-corrected chi connectivity index (χ4v) is 2.93. The molecule has 0 bridgehead atoms. The molecule has 2 atom stereocenters. The molecule has 0 aliphatic carbocycles. The summed E-state index contributed by atoms with van der Waals surface area (Å²) in [4.78, 5) is 12.0. The smallest absolute Gasteiger partial charge is 0.273 e. The summed E-state index contributed by atoms with van der Waals surface area (Å²) in [6.07, 6.45) is 1.67. The van der Waals surface area contributed by atoms with Gasteiger partial charge in [0.25, 0.3) is 5.91 Å². The van der Waals surface area contributed by atoms with E-state index < -0.39 is 0 Å². The van der Waals surface area contributed by atoms with Crippen LogP contribution in [-0.2, 0) is 11.3 Å². The van der Waals surface area contributed by atoms with Crippen molar-refractivity contribution in [3.05, 3.63) is 16.9 Å². The van der Waals surface area contributed by atoms with Crippen LogP contribution in [0.1, 0.15) is 28.5 Å². The van der Waals surface area contributed by atoms with E-state index in [-0.39, 0.29) is 11.9 Å². The first-order valence-electron chi connectivity index (χ1n) is 6.49. The fraction of sp³-hybridized carbons (Fsp3) is 0.545. The molecule has 0 saturated carbocycles. The van der Waals surface area contributed by atoms with Crippen LogP contribution in [0.4, 0.5) is 0 Å². The Kier molecular flexibility index (Phi) is 4.23. The van der Waals surface area contributed by atoms with Gasteiger partial charge in [-0.05, 0) is 6.92 Å². The zero-order valence-electron chi connectivity index (χ0n) is 11.4. The Bertz CT molecular complexity index is 640. The lowest BCUT2D eigenvalue weighted by molar-refractivity contribution is -0.0558. The van der Waals surface area contributed by atoms with Gasteiger partial charge < -0.3 is 10.1 Å². The van der Waals surface area contributed by atoms with Crippen LogP contribution in [0, 0.1) is 5.92 Å². The summed E-state index contributed by atoms with van der Waals surface area (Å²) in [6, 6.07) is 0.177. The van der Waals surface area contributed by atoms with E-state index in [4.69, 9.17) is 4.74 Å². The summed E-state index contributed by atoms with van der Waals surface area (Å²) in [6.45, 7) is 3.85. The van der Waals surface area contributed by atoms with Crippen LogP contribution in [0.3, 0.4) is 0 Å². The van der Waals surface area contributed by atoms with Crippen molar-refractivity contribution in [2.45, 2.75) is 19.5 Å². The quantitative estimate of drug-likeness (QED) is 0.763. The average molecular weight is 326 g/mol. The molecule has 10 heteroatoms. The summed E-state index contributed by atoms with van der Waals surface area (Å²) in [5, 5.41) is 19.2. The molecule has 112 valence electrons. The maximum absolute atomic E-state index is 12.0. The monoisotopic (exact) mass is 326 g/mol. The number of carbonyl (C=O) groups is 1. The summed E-state index contributed by atoms with van der Waals surface area (Å²) in [7, 11) is 2.48. The van der Waals surface area contributed by atoms with Gasteiger partial charge in [0, 0.05) is 5.92 Å². The molecule has 3 heterocycles. The molecule has 0 spiro atoms. The molecular weight excluding hydrogens is 311 g/mol. The summed E-state index contributed by atoms with van der Waals surface area (Å²) < 4.78 is 7.68. The van der Waals surface area contributed by atoms with Crippen LogP contribution >= 0.6 is 20.6 Å². The molecule has 1 fully saturated rings. The van der Waals surface area contributed by atoms with Gasteiger partial charge in [-0.15, -0.1) is 15.3 Å². The summed E-state index contributed by atoms with van der Waals surface area (Å²) in [5.41, 5.74) is 0.303. The maximum atomic E-state index is 12.0. The molecule has 0 aromatic carbocycles. The van der Waals surface area contributed by atoms with Crippen LogP contribution in [-0.4, -0.2) is 44.3 Å². The topological polar surface area (TPSA) is 94.8 Å². The highest BCUT2D eigenvalue weighted by Gasteiger charge is 2.27. The lowest BCUT2D eigenvalue weighted by Gasteiger charge is -2.31. The van der Waals surface area contributed by atoms with Gasteiger partial charge in [0.15, 0.2) is 5.69 Å². The number of carbonyl (C=O) groups excluding carboxylic acids is 1. The minimum atomic E-state index is -0.265. The van der Waals surface area contributed by atoms with Gasteiger partial charge in [0.2, 0.25) is 0 Å². The number of nitrogens with one attached hydrogen (secondary N) is 1. The highest BCUT2D eigenvalue weighted by Crippen LogP contribution is 2.23. The number of nitrogens with zero attached hydrogens (tertiary/aromatic N) is 5. The first-order valence-corrected chi connectivity index (χ1v) is 7.88. The molecule has 0 radical (unpaired) electrons. The number of amides is 1. The van der Waals surface area contributed by atoms with Crippen molar-refractivity contribution in [2.24, 2.45) is 5.92 Å². The predicted octanol–water partition coefficient (Wildman–Crippen LogP) is -0.233. The highest BCUT2D eigenvalue weighted by atomic mass is 32.1. The third-order valence-electron chi connectivity index (χ3n) is 3.39. The molecule has 1 unspecified atom stereocenters. The van der Waals surface area contributed by atoms with Crippen molar-refractivity contribution in [1.82, 2.24) is 30.5 Å². The van der Waals surface area contributed by atoms with Crippen molar-refractivity contribution in [3.8, 4) is 0 Å². The molecule has 1 aliphatic heterocycles. The van der Waals surface area contributed by atoms with Gasteiger partial charge in [-0.1, -0.05) is 25.8 Å². The van der Waals surface area contributed by atoms with E-state index in [9.17, 15) is 4.79 Å². The minimum Gasteiger partial charge on any atom is -0.381 e. The Hall–Kier alpha value is -1.44. The first kappa shape index (κ1) is 14.5. The fourth-order valence-electron chi connectivity index (χ4n) is 1.91. The van der Waals surface area contributed by atoms with Crippen LogP contribution in [0.15, 0.2) is 6.20 Å². The second-order valence-electron chi connectivity index (χ2n) is 4.84. The Morgan fingerprint density at radius 1 is 1.57 bits per heavy atom. The van der Waals surface area contributed by atoms with Crippen molar-refractivity contribution >= 4 is 31.2 Å². The van der Waals surface area contributed by atoms with Crippen LogP contribution in [0.25, 0.3) is 0 Å². The van der Waals surface area contributed by atoms with E-state index in [1.165, 1.54) is 11.3 Å². The lowest BCUT2D eigenvalue weighted by atomic mass is 10.0. The van der Waals surface area contributed by atoms with Gasteiger partial charge >= 0.3 is 0 Å². The first-order chi connectivity index (χ1) is 10.1. The number of ether oxygens (including phenoxy) is 1. The average Bonchev–Trinajstić information content (AvgIpc) is 3.02. The molecule has 1 amide bonds. The Labute approximate surface area is 127 Å². The maximum Gasteiger partial charge on any atom is 0.273 e. The van der Waals surface area contributed by atoms with E-state index in [2.05, 4.69) is 35.1 Å². The van der Waals surface area contributed by atoms with Gasteiger partial charge in [-0.2, -0.15) is 0 Å². The molecule has 2 aromatic heterocycles. The molecule has 1 saturated heterocycles. The molecule has 21 heavy (non-hydrogen) atoms. The molecule has 1 aliphatic rings. The molecule has 3 rings (SSSR count). The second-order valence-corrected chi connectivity index (χ2v) is 6.90. The van der Waals surface area contributed by atoms with Crippen LogP contribution < -0.4 is 10.1 Å². The van der Waals surface area contributed by atoms with Crippen molar-refractivity contribution in [2.75, 3.05) is 13.2 Å². The van der Waals surface area contributed by atoms with Crippen molar-refractivity contribution < 1.29 is 9.53 Å². The van der Waals surface area contributed by atoms with Gasteiger partial charge in [0.05, 0.1) is 32.0 Å². The predicted molar refractivity (Wildman–Crippen MR) is 79.5 cm³/mol. The van der Waals surface area contributed by atoms with E-state index in [0.29, 0.717) is 18.2 Å². The zero-order valence-corrected chi connectivity index (χ0v) is 13.4. The number of aromatic nitrogens is 5. The Morgan fingerprint density at radius 3 is 3.00 bits per heavy atom. The Balaban J connectivity index is 1.58. The third-order valence-corrected chi connectivity index (χ3v) is 4.61. The summed E-state index contributed by atoms with van der Waals surface area (Å²) in [5.74, 6) is 0.170. The standard InChI is InChI=1S/C11H15N6O2PS/c1-6(7-4-19-5-7)17-3-8(13-16-17)10(18)12-2-9-14-15-11(20)21-9/h3,6-7H,2,4-5,20H2,1H3,(H,12,18)/t6-/m0/s1. The number of rotatable bonds is 5.